The normalized spacial score (nSPS) is 11.9. The summed E-state index contributed by atoms with van der Waals surface area (Å²) in [5.41, 5.74) is 2.82. The maximum atomic E-state index is 12.9. The van der Waals surface area contributed by atoms with E-state index in [0.717, 1.165) is 36.5 Å². The van der Waals surface area contributed by atoms with Crippen LogP contribution in [0.4, 0.5) is 0 Å². The van der Waals surface area contributed by atoms with Gasteiger partial charge in [0.2, 0.25) is 10.0 Å². The largest absolute Gasteiger partial charge is 0.276 e. The summed E-state index contributed by atoms with van der Waals surface area (Å²) in [7, 11) is -3.61. The molecule has 0 radical (unpaired) electrons. The molecule has 5 rings (SSSR count). The standard InChI is InChI=1S/C21H16ClN3O2S5/c22-18-7-5-14(30-18)15-6-8-19(31-15)32(26,27)23-10-9-13-20(16-3-1-11-28-16)24-25-21(13)17-4-2-12-29-17/h1-8,11-12,23H,9-10H2,(H,24,25). The molecule has 0 spiro atoms. The molecular weight excluding hydrogens is 522 g/mol. The molecule has 0 aliphatic heterocycles. The maximum Gasteiger partial charge on any atom is 0.250 e. The van der Waals surface area contributed by atoms with Gasteiger partial charge in [-0.05, 0) is 53.6 Å². The summed E-state index contributed by atoms with van der Waals surface area (Å²) in [4.78, 5) is 3.98. The first-order valence-corrected chi connectivity index (χ1v) is 14.8. The molecule has 32 heavy (non-hydrogen) atoms. The average molecular weight is 538 g/mol. The van der Waals surface area contributed by atoms with Crippen LogP contribution in [0.5, 0.6) is 0 Å². The molecule has 164 valence electrons. The molecule has 5 nitrogen and oxygen atoms in total. The van der Waals surface area contributed by atoms with Crippen molar-refractivity contribution in [2.24, 2.45) is 0 Å². The number of thiophene rings is 4. The van der Waals surface area contributed by atoms with Crippen molar-refractivity contribution in [2.75, 3.05) is 6.54 Å². The van der Waals surface area contributed by atoms with E-state index in [1.807, 2.05) is 53.2 Å². The van der Waals surface area contributed by atoms with Gasteiger partial charge < -0.3 is 0 Å². The van der Waals surface area contributed by atoms with Crippen molar-refractivity contribution in [3.8, 4) is 30.9 Å². The molecule has 11 heteroatoms. The summed E-state index contributed by atoms with van der Waals surface area (Å²) >= 11 is 11.9. The van der Waals surface area contributed by atoms with Gasteiger partial charge >= 0.3 is 0 Å². The molecule has 0 saturated heterocycles. The highest BCUT2D eigenvalue weighted by atomic mass is 35.5. The van der Waals surface area contributed by atoms with E-state index in [2.05, 4.69) is 14.9 Å². The summed E-state index contributed by atoms with van der Waals surface area (Å²) in [5.74, 6) is 0. The number of aromatic amines is 1. The molecule has 0 aromatic carbocycles. The molecule has 0 amide bonds. The number of nitrogens with zero attached hydrogens (tertiary/aromatic N) is 1. The molecule has 0 aliphatic rings. The smallest absolute Gasteiger partial charge is 0.250 e. The van der Waals surface area contributed by atoms with E-state index in [1.165, 1.54) is 22.7 Å². The van der Waals surface area contributed by atoms with Gasteiger partial charge in [0.15, 0.2) is 0 Å². The van der Waals surface area contributed by atoms with Crippen LogP contribution in [0.15, 0.2) is 63.5 Å². The van der Waals surface area contributed by atoms with Gasteiger partial charge in [0.05, 0.1) is 19.8 Å². The highest BCUT2D eigenvalue weighted by molar-refractivity contribution is 7.91. The zero-order valence-electron chi connectivity index (χ0n) is 16.4. The second-order valence-corrected chi connectivity index (χ2v) is 13.4. The number of halogens is 1. The first kappa shape index (κ1) is 22.0. The average Bonchev–Trinajstić information content (AvgIpc) is 3.58. The van der Waals surface area contributed by atoms with Crippen LogP contribution in [0, 0.1) is 0 Å². The first-order valence-electron chi connectivity index (χ1n) is 9.51. The summed E-state index contributed by atoms with van der Waals surface area (Å²) in [6.45, 7) is 0.274. The zero-order valence-corrected chi connectivity index (χ0v) is 21.2. The van der Waals surface area contributed by atoms with Crippen molar-refractivity contribution in [1.82, 2.24) is 14.9 Å². The first-order chi connectivity index (χ1) is 15.5. The molecule has 0 fully saturated rings. The van der Waals surface area contributed by atoms with E-state index < -0.39 is 10.0 Å². The van der Waals surface area contributed by atoms with E-state index in [0.29, 0.717) is 15.0 Å². The molecule has 2 N–H and O–H groups in total. The van der Waals surface area contributed by atoms with Crippen molar-refractivity contribution in [3.05, 3.63) is 69.2 Å². The monoisotopic (exact) mass is 537 g/mol. The molecule has 5 heterocycles. The Balaban J connectivity index is 1.35. The third-order valence-electron chi connectivity index (χ3n) is 4.72. The SMILES string of the molecule is O=S(=O)(NCCc1c(-c2cccs2)n[nH]c1-c1cccs1)c1ccc(-c2ccc(Cl)s2)s1. The van der Waals surface area contributed by atoms with Crippen LogP contribution in [0.25, 0.3) is 30.9 Å². The van der Waals surface area contributed by atoms with Gasteiger partial charge in [-0.15, -0.1) is 45.3 Å². The minimum atomic E-state index is -3.61. The fourth-order valence-electron chi connectivity index (χ4n) is 3.28. The fraction of sp³-hybridized carbons (Fsp3) is 0.0952. The van der Waals surface area contributed by atoms with Crippen LogP contribution < -0.4 is 4.72 Å². The van der Waals surface area contributed by atoms with Crippen molar-refractivity contribution in [1.29, 1.82) is 0 Å². The third kappa shape index (κ3) is 4.49. The molecule has 0 unspecified atom stereocenters. The summed E-state index contributed by atoms with van der Waals surface area (Å²) < 4.78 is 29.5. The molecule has 0 saturated carbocycles. The number of H-pyrrole nitrogens is 1. The topological polar surface area (TPSA) is 74.8 Å². The van der Waals surface area contributed by atoms with E-state index in [-0.39, 0.29) is 6.54 Å². The van der Waals surface area contributed by atoms with Crippen molar-refractivity contribution in [3.63, 3.8) is 0 Å². The predicted octanol–water partition coefficient (Wildman–Crippen LogP) is 6.83. The quantitative estimate of drug-likeness (QED) is 0.228. The molecule has 0 atom stereocenters. The molecule has 0 aliphatic carbocycles. The Morgan fingerprint density at radius 3 is 2.31 bits per heavy atom. The van der Waals surface area contributed by atoms with Gasteiger partial charge in [-0.2, -0.15) is 5.10 Å². The number of nitrogens with one attached hydrogen (secondary N) is 2. The second kappa shape index (κ2) is 9.22. The lowest BCUT2D eigenvalue weighted by Crippen LogP contribution is -2.25. The van der Waals surface area contributed by atoms with E-state index in [4.69, 9.17) is 11.6 Å². The maximum absolute atomic E-state index is 12.9. The van der Waals surface area contributed by atoms with Crippen molar-refractivity contribution in [2.45, 2.75) is 10.6 Å². The second-order valence-electron chi connectivity index (χ2n) is 6.75. The van der Waals surface area contributed by atoms with Crippen LogP contribution in [0.3, 0.4) is 0 Å². The van der Waals surface area contributed by atoms with Crippen LogP contribution >= 0.6 is 56.9 Å². The number of hydrogen-bond donors (Lipinski definition) is 2. The lowest BCUT2D eigenvalue weighted by Gasteiger charge is -2.07. The predicted molar refractivity (Wildman–Crippen MR) is 137 cm³/mol. The van der Waals surface area contributed by atoms with Gasteiger partial charge in [-0.3, -0.25) is 5.10 Å². The van der Waals surface area contributed by atoms with E-state index in [1.54, 1.807) is 28.7 Å². The van der Waals surface area contributed by atoms with Gasteiger partial charge in [-0.25, -0.2) is 13.1 Å². The van der Waals surface area contributed by atoms with Crippen LogP contribution in [-0.4, -0.2) is 25.2 Å². The Hall–Kier alpha value is -1.79. The minimum absolute atomic E-state index is 0.274. The number of sulfonamides is 1. The van der Waals surface area contributed by atoms with Gasteiger partial charge in [0.1, 0.15) is 9.90 Å². The lowest BCUT2D eigenvalue weighted by molar-refractivity contribution is 0.584. The molecular formula is C21H16ClN3O2S5. The third-order valence-corrected chi connectivity index (χ3v) is 10.9. The lowest BCUT2D eigenvalue weighted by atomic mass is 10.1. The van der Waals surface area contributed by atoms with Crippen molar-refractivity contribution < 1.29 is 8.42 Å². The summed E-state index contributed by atoms with van der Waals surface area (Å²) in [6, 6.07) is 15.2. The highest BCUT2D eigenvalue weighted by Crippen LogP contribution is 2.37. The van der Waals surface area contributed by atoms with E-state index in [9.17, 15) is 8.42 Å². The van der Waals surface area contributed by atoms with Crippen LogP contribution in [0.2, 0.25) is 4.34 Å². The van der Waals surface area contributed by atoms with Crippen LogP contribution in [-0.2, 0) is 16.4 Å². The number of aromatic nitrogens is 2. The van der Waals surface area contributed by atoms with Gasteiger partial charge in [0.25, 0.3) is 0 Å². The number of rotatable bonds is 8. The Labute approximate surface area is 206 Å². The Morgan fingerprint density at radius 1 is 0.906 bits per heavy atom. The Kier molecular flexibility index (Phi) is 6.35. The zero-order chi connectivity index (χ0) is 22.1. The van der Waals surface area contributed by atoms with E-state index >= 15 is 0 Å². The summed E-state index contributed by atoms with van der Waals surface area (Å²) in [6.07, 6.45) is 0.523. The van der Waals surface area contributed by atoms with Gasteiger partial charge in [0, 0.05) is 21.9 Å². The fourth-order valence-corrected chi connectivity index (χ4v) is 8.28. The highest BCUT2D eigenvalue weighted by Gasteiger charge is 2.21. The van der Waals surface area contributed by atoms with Crippen LogP contribution in [0.1, 0.15) is 5.56 Å². The Bertz CT molecular complexity index is 1380. The molecule has 5 aromatic rings. The van der Waals surface area contributed by atoms with Crippen molar-refractivity contribution >= 4 is 67.0 Å². The molecule has 0 bridgehead atoms. The molecule has 5 aromatic heterocycles. The minimum Gasteiger partial charge on any atom is -0.276 e. The Morgan fingerprint density at radius 2 is 1.62 bits per heavy atom. The summed E-state index contributed by atoms with van der Waals surface area (Å²) in [5, 5.41) is 11.7. The van der Waals surface area contributed by atoms with Gasteiger partial charge in [-0.1, -0.05) is 23.7 Å². The number of hydrogen-bond acceptors (Lipinski definition) is 7.